The van der Waals surface area contributed by atoms with Crippen molar-refractivity contribution in [2.24, 2.45) is 5.10 Å². The molecule has 3 rings (SSSR count). The van der Waals surface area contributed by atoms with Crippen LogP contribution in [-0.4, -0.2) is 38.2 Å². The van der Waals surface area contributed by atoms with Crippen molar-refractivity contribution in [3.8, 4) is 17.2 Å². The number of hydrogen-bond acceptors (Lipinski definition) is 7. The number of carbonyl (C=O) groups is 3. The number of carbonyl (C=O) groups excluding carboxylic acids is 3. The van der Waals surface area contributed by atoms with E-state index in [-0.39, 0.29) is 0 Å². The summed E-state index contributed by atoms with van der Waals surface area (Å²) in [7, 11) is 2.98. The summed E-state index contributed by atoms with van der Waals surface area (Å²) >= 11 is 0. The maximum absolute atomic E-state index is 12.4. The molecule has 3 aromatic carbocycles. The van der Waals surface area contributed by atoms with Gasteiger partial charge in [0.1, 0.15) is 5.75 Å². The normalized spacial score (nSPS) is 10.4. The van der Waals surface area contributed by atoms with Gasteiger partial charge in [0.2, 0.25) is 0 Å². The lowest BCUT2D eigenvalue weighted by Crippen LogP contribution is -2.32. The number of nitrogens with zero attached hydrogens (tertiary/aromatic N) is 1. The van der Waals surface area contributed by atoms with Crippen molar-refractivity contribution < 1.29 is 28.6 Å². The molecule has 174 valence electrons. The predicted molar refractivity (Wildman–Crippen MR) is 126 cm³/mol. The van der Waals surface area contributed by atoms with Crippen LogP contribution in [-0.2, 0) is 9.59 Å². The number of amides is 2. The van der Waals surface area contributed by atoms with Crippen LogP contribution in [0.5, 0.6) is 17.2 Å². The van der Waals surface area contributed by atoms with E-state index in [1.807, 2.05) is 13.0 Å². The van der Waals surface area contributed by atoms with Gasteiger partial charge in [-0.3, -0.25) is 9.59 Å². The first kappa shape index (κ1) is 24.0. The van der Waals surface area contributed by atoms with Crippen molar-refractivity contribution in [2.75, 3.05) is 19.5 Å². The van der Waals surface area contributed by atoms with Crippen LogP contribution in [0, 0.1) is 6.92 Å². The van der Waals surface area contributed by atoms with Crippen LogP contribution in [0.1, 0.15) is 21.5 Å². The first-order valence-electron chi connectivity index (χ1n) is 10.1. The lowest BCUT2D eigenvalue weighted by Gasteiger charge is -2.09. The zero-order valence-corrected chi connectivity index (χ0v) is 18.8. The highest BCUT2D eigenvalue weighted by molar-refractivity contribution is 6.39. The Hall–Kier alpha value is -4.66. The van der Waals surface area contributed by atoms with Gasteiger partial charge in [-0.25, -0.2) is 10.2 Å². The predicted octanol–water partition coefficient (Wildman–Crippen LogP) is 3.32. The Labute approximate surface area is 196 Å². The van der Waals surface area contributed by atoms with Crippen LogP contribution >= 0.6 is 0 Å². The summed E-state index contributed by atoms with van der Waals surface area (Å²) in [5.74, 6) is -1.06. The lowest BCUT2D eigenvalue weighted by molar-refractivity contribution is -0.136. The number of aryl methyl sites for hydroxylation is 1. The molecule has 9 heteroatoms. The SMILES string of the molecule is COc1ccc(C(=O)Oc2ccc(/C=N/NC(=O)C(=O)Nc3cccc(C)c3)cc2)cc1OC. The van der Waals surface area contributed by atoms with Gasteiger partial charge in [-0.2, -0.15) is 5.10 Å². The van der Waals surface area contributed by atoms with Gasteiger partial charge < -0.3 is 19.5 Å². The van der Waals surface area contributed by atoms with Crippen molar-refractivity contribution in [1.82, 2.24) is 5.43 Å². The van der Waals surface area contributed by atoms with E-state index in [1.165, 1.54) is 26.5 Å². The van der Waals surface area contributed by atoms with E-state index in [0.29, 0.717) is 34.1 Å². The van der Waals surface area contributed by atoms with E-state index in [0.717, 1.165) is 5.56 Å². The number of hydrogen-bond donors (Lipinski definition) is 2. The summed E-state index contributed by atoms with van der Waals surface area (Å²) in [6.07, 6.45) is 1.36. The van der Waals surface area contributed by atoms with Crippen molar-refractivity contribution in [3.63, 3.8) is 0 Å². The summed E-state index contributed by atoms with van der Waals surface area (Å²) < 4.78 is 15.7. The number of methoxy groups -OCH3 is 2. The van der Waals surface area contributed by atoms with Crippen LogP contribution in [0.2, 0.25) is 0 Å². The molecule has 3 aromatic rings. The molecule has 9 nitrogen and oxygen atoms in total. The van der Waals surface area contributed by atoms with E-state index in [1.54, 1.807) is 54.6 Å². The fraction of sp³-hybridized carbons (Fsp3) is 0.120. The highest BCUT2D eigenvalue weighted by Gasteiger charge is 2.14. The summed E-state index contributed by atoms with van der Waals surface area (Å²) in [5, 5.41) is 6.27. The molecule has 34 heavy (non-hydrogen) atoms. The van der Waals surface area contributed by atoms with Crippen LogP contribution in [0.3, 0.4) is 0 Å². The molecule has 0 aliphatic carbocycles. The number of anilines is 1. The Morgan fingerprint density at radius 1 is 0.853 bits per heavy atom. The summed E-state index contributed by atoms with van der Waals surface area (Å²) in [4.78, 5) is 36.3. The van der Waals surface area contributed by atoms with Crippen molar-refractivity contribution in [3.05, 3.63) is 83.4 Å². The first-order chi connectivity index (χ1) is 16.4. The number of ether oxygens (including phenoxy) is 3. The molecule has 0 bridgehead atoms. The molecule has 0 aliphatic rings. The van der Waals surface area contributed by atoms with Gasteiger partial charge in [0.05, 0.1) is 26.0 Å². The van der Waals surface area contributed by atoms with Crippen LogP contribution in [0.15, 0.2) is 71.8 Å². The molecular weight excluding hydrogens is 438 g/mol. The number of nitrogens with one attached hydrogen (secondary N) is 2. The second-order valence-electron chi connectivity index (χ2n) is 7.05. The van der Waals surface area contributed by atoms with Gasteiger partial charge in [0.25, 0.3) is 0 Å². The highest BCUT2D eigenvalue weighted by Crippen LogP contribution is 2.28. The molecule has 0 saturated heterocycles. The minimum atomic E-state index is -0.904. The molecule has 0 aliphatic heterocycles. The minimum absolute atomic E-state index is 0.301. The maximum Gasteiger partial charge on any atom is 0.343 e. The lowest BCUT2D eigenvalue weighted by atomic mass is 10.2. The largest absolute Gasteiger partial charge is 0.493 e. The van der Waals surface area contributed by atoms with E-state index in [9.17, 15) is 14.4 Å². The third kappa shape index (κ3) is 6.42. The third-order valence-corrected chi connectivity index (χ3v) is 4.57. The monoisotopic (exact) mass is 461 g/mol. The quantitative estimate of drug-likeness (QED) is 0.183. The second kappa shape index (κ2) is 11.3. The van der Waals surface area contributed by atoms with E-state index >= 15 is 0 Å². The van der Waals surface area contributed by atoms with Crippen molar-refractivity contribution in [2.45, 2.75) is 6.92 Å². The van der Waals surface area contributed by atoms with E-state index in [2.05, 4.69) is 15.8 Å². The number of hydrazone groups is 1. The summed E-state index contributed by atoms with van der Waals surface area (Å²) in [5.41, 5.74) is 4.55. The van der Waals surface area contributed by atoms with Crippen molar-refractivity contribution >= 4 is 29.7 Å². The average molecular weight is 461 g/mol. The Kier molecular flexibility index (Phi) is 7.96. The zero-order valence-electron chi connectivity index (χ0n) is 18.8. The van der Waals surface area contributed by atoms with Crippen LogP contribution in [0.4, 0.5) is 5.69 Å². The number of rotatable bonds is 7. The molecular formula is C25H23N3O6. The van der Waals surface area contributed by atoms with Gasteiger partial charge >= 0.3 is 17.8 Å². The fourth-order valence-electron chi connectivity index (χ4n) is 2.88. The number of benzene rings is 3. The maximum atomic E-state index is 12.4. The third-order valence-electron chi connectivity index (χ3n) is 4.57. The summed E-state index contributed by atoms with van der Waals surface area (Å²) in [6.45, 7) is 1.88. The van der Waals surface area contributed by atoms with Gasteiger partial charge in [0.15, 0.2) is 11.5 Å². The molecule has 0 saturated carbocycles. The number of esters is 1. The Morgan fingerprint density at radius 3 is 2.26 bits per heavy atom. The molecule has 2 N–H and O–H groups in total. The summed E-state index contributed by atoms with van der Waals surface area (Å²) in [6, 6.07) is 18.2. The smallest absolute Gasteiger partial charge is 0.343 e. The fourth-order valence-corrected chi connectivity index (χ4v) is 2.88. The standard InChI is InChI=1S/C25H23N3O6/c1-16-5-4-6-19(13-16)27-23(29)24(30)28-26-15-17-7-10-20(11-8-17)34-25(31)18-9-12-21(32-2)22(14-18)33-3/h4-15H,1-3H3,(H,27,29)(H,28,30)/b26-15+. The molecule has 0 fully saturated rings. The molecule has 0 spiro atoms. The second-order valence-corrected chi connectivity index (χ2v) is 7.05. The highest BCUT2D eigenvalue weighted by atomic mass is 16.5. The van der Waals surface area contributed by atoms with E-state index < -0.39 is 17.8 Å². The van der Waals surface area contributed by atoms with E-state index in [4.69, 9.17) is 14.2 Å². The Balaban J connectivity index is 1.53. The van der Waals surface area contributed by atoms with Crippen LogP contribution < -0.4 is 25.0 Å². The molecule has 0 radical (unpaired) electrons. The van der Waals surface area contributed by atoms with Gasteiger partial charge in [-0.15, -0.1) is 0 Å². The minimum Gasteiger partial charge on any atom is -0.493 e. The van der Waals surface area contributed by atoms with Gasteiger partial charge in [-0.1, -0.05) is 12.1 Å². The van der Waals surface area contributed by atoms with Crippen molar-refractivity contribution in [1.29, 1.82) is 0 Å². The molecule has 0 heterocycles. The van der Waals surface area contributed by atoms with Gasteiger partial charge in [0, 0.05) is 5.69 Å². The Bertz CT molecular complexity index is 1220. The van der Waals surface area contributed by atoms with Gasteiger partial charge in [-0.05, 0) is 72.6 Å². The Morgan fingerprint density at radius 2 is 1.59 bits per heavy atom. The molecule has 0 unspecified atom stereocenters. The first-order valence-corrected chi connectivity index (χ1v) is 10.1. The topological polar surface area (TPSA) is 115 Å². The zero-order chi connectivity index (χ0) is 24.5. The van der Waals surface area contributed by atoms with Crippen LogP contribution in [0.25, 0.3) is 0 Å². The molecule has 0 atom stereocenters. The molecule has 0 aromatic heterocycles. The average Bonchev–Trinajstić information content (AvgIpc) is 2.84. The molecule has 2 amide bonds.